The molecule has 2 aliphatic rings. The Morgan fingerprint density at radius 2 is 1.63 bits per heavy atom. The summed E-state index contributed by atoms with van der Waals surface area (Å²) in [5.41, 5.74) is 8.42. The van der Waals surface area contributed by atoms with Crippen LogP contribution in [-0.4, -0.2) is 48.4 Å². The van der Waals surface area contributed by atoms with Gasteiger partial charge in [-0.2, -0.15) is 0 Å². The van der Waals surface area contributed by atoms with Crippen molar-refractivity contribution in [1.82, 2.24) is 9.80 Å². The predicted molar refractivity (Wildman–Crippen MR) is 110 cm³/mol. The lowest BCUT2D eigenvalue weighted by Crippen LogP contribution is -2.54. The Kier molecular flexibility index (Phi) is 5.26. The minimum absolute atomic E-state index is 0.141. The molecule has 0 radical (unpaired) electrons. The minimum atomic E-state index is 0.141. The molecule has 0 aliphatic carbocycles. The van der Waals surface area contributed by atoms with Gasteiger partial charge in [-0.15, -0.1) is 0 Å². The molecule has 2 heterocycles. The van der Waals surface area contributed by atoms with Crippen LogP contribution in [0.3, 0.4) is 0 Å². The van der Waals surface area contributed by atoms with Gasteiger partial charge in [-0.25, -0.2) is 0 Å². The first-order chi connectivity index (χ1) is 13.2. The first-order valence-electron chi connectivity index (χ1n) is 9.76. The number of hydrogen-bond acceptors (Lipinski definition) is 3. The van der Waals surface area contributed by atoms with E-state index in [9.17, 15) is 4.79 Å². The SMILES string of the molecule is Nc1ccc(C(=O)N2CC3CC(CN(C/C=C/c4ccccc4)C3)C2)cc1. The Labute approximate surface area is 161 Å². The second-order valence-electron chi connectivity index (χ2n) is 7.83. The summed E-state index contributed by atoms with van der Waals surface area (Å²) in [4.78, 5) is 17.4. The molecule has 4 heteroatoms. The van der Waals surface area contributed by atoms with Gasteiger partial charge in [-0.1, -0.05) is 42.5 Å². The van der Waals surface area contributed by atoms with Gasteiger partial charge in [-0.05, 0) is 48.1 Å². The molecule has 2 fully saturated rings. The molecule has 0 aromatic heterocycles. The van der Waals surface area contributed by atoms with Gasteiger partial charge in [-0.3, -0.25) is 9.69 Å². The summed E-state index contributed by atoms with van der Waals surface area (Å²) in [6, 6.07) is 17.7. The van der Waals surface area contributed by atoms with Crippen molar-refractivity contribution in [3.8, 4) is 0 Å². The quantitative estimate of drug-likeness (QED) is 0.850. The summed E-state index contributed by atoms with van der Waals surface area (Å²) in [6.07, 6.45) is 5.69. The Balaban J connectivity index is 1.33. The average Bonchev–Trinajstić information content (AvgIpc) is 2.68. The van der Waals surface area contributed by atoms with Crippen LogP contribution in [-0.2, 0) is 0 Å². The zero-order chi connectivity index (χ0) is 18.6. The number of rotatable bonds is 4. The van der Waals surface area contributed by atoms with Crippen LogP contribution in [0.1, 0.15) is 22.3 Å². The van der Waals surface area contributed by atoms with Gasteiger partial charge in [0.1, 0.15) is 0 Å². The van der Waals surface area contributed by atoms with E-state index in [0.29, 0.717) is 17.5 Å². The third-order valence-corrected chi connectivity index (χ3v) is 5.57. The van der Waals surface area contributed by atoms with Gasteiger partial charge in [0.25, 0.3) is 5.91 Å². The fraction of sp³-hybridized carbons (Fsp3) is 0.348. The maximum Gasteiger partial charge on any atom is 0.253 e. The van der Waals surface area contributed by atoms with Gasteiger partial charge in [0.05, 0.1) is 0 Å². The second-order valence-corrected chi connectivity index (χ2v) is 7.83. The molecule has 27 heavy (non-hydrogen) atoms. The van der Waals surface area contributed by atoms with E-state index in [1.807, 2.05) is 23.1 Å². The van der Waals surface area contributed by atoms with Crippen molar-refractivity contribution in [3.05, 3.63) is 71.8 Å². The number of nitrogens with zero attached hydrogens (tertiary/aromatic N) is 2. The van der Waals surface area contributed by atoms with E-state index in [-0.39, 0.29) is 5.91 Å². The molecule has 2 N–H and O–H groups in total. The van der Waals surface area contributed by atoms with Crippen LogP contribution < -0.4 is 5.73 Å². The Hall–Kier alpha value is -2.59. The molecule has 0 saturated carbocycles. The lowest BCUT2D eigenvalue weighted by Gasteiger charge is -2.45. The highest BCUT2D eigenvalue weighted by Gasteiger charge is 2.35. The molecule has 2 atom stereocenters. The topological polar surface area (TPSA) is 49.6 Å². The normalized spacial score (nSPS) is 22.9. The lowest BCUT2D eigenvalue weighted by molar-refractivity contribution is 0.0295. The number of likely N-dealkylation sites (tertiary alicyclic amines) is 2. The van der Waals surface area contributed by atoms with E-state index in [1.165, 1.54) is 12.0 Å². The molecule has 0 spiro atoms. The van der Waals surface area contributed by atoms with E-state index < -0.39 is 0 Å². The van der Waals surface area contributed by atoms with E-state index in [4.69, 9.17) is 5.73 Å². The number of amides is 1. The van der Waals surface area contributed by atoms with Crippen molar-refractivity contribution < 1.29 is 4.79 Å². The number of fused-ring (bicyclic) bond motifs is 2. The summed E-state index contributed by atoms with van der Waals surface area (Å²) >= 11 is 0. The standard InChI is InChI=1S/C23H27N3O/c24-22-10-8-21(9-11-22)23(27)26-16-19-13-20(17-26)15-25(14-19)12-4-7-18-5-2-1-3-6-18/h1-11,19-20H,12-17,24H2/b7-4+. The molecular formula is C23H27N3O. The molecule has 140 valence electrons. The first-order valence-corrected chi connectivity index (χ1v) is 9.76. The molecule has 2 bridgehead atoms. The highest BCUT2D eigenvalue weighted by molar-refractivity contribution is 5.94. The number of hydrogen-bond donors (Lipinski definition) is 1. The monoisotopic (exact) mass is 361 g/mol. The number of nitrogens with two attached hydrogens (primary N) is 1. The summed E-state index contributed by atoms with van der Waals surface area (Å²) in [6.45, 7) is 4.84. The molecular weight excluding hydrogens is 334 g/mol. The Bertz CT molecular complexity index is 786. The minimum Gasteiger partial charge on any atom is -0.399 e. The zero-order valence-corrected chi connectivity index (χ0v) is 15.6. The van der Waals surface area contributed by atoms with Crippen molar-refractivity contribution in [2.75, 3.05) is 38.5 Å². The van der Waals surface area contributed by atoms with Crippen LogP contribution in [0.2, 0.25) is 0 Å². The molecule has 4 nitrogen and oxygen atoms in total. The van der Waals surface area contributed by atoms with Crippen molar-refractivity contribution in [1.29, 1.82) is 0 Å². The second kappa shape index (κ2) is 7.97. The third-order valence-electron chi connectivity index (χ3n) is 5.57. The number of carbonyl (C=O) groups is 1. The lowest BCUT2D eigenvalue weighted by atomic mass is 9.84. The van der Waals surface area contributed by atoms with Gasteiger partial charge < -0.3 is 10.6 Å². The molecule has 2 aromatic carbocycles. The molecule has 2 aliphatic heterocycles. The van der Waals surface area contributed by atoms with Crippen LogP contribution in [0.4, 0.5) is 5.69 Å². The van der Waals surface area contributed by atoms with Crippen LogP contribution >= 0.6 is 0 Å². The molecule has 1 amide bonds. The Morgan fingerprint density at radius 1 is 0.963 bits per heavy atom. The van der Waals surface area contributed by atoms with Crippen LogP contribution in [0.25, 0.3) is 6.08 Å². The van der Waals surface area contributed by atoms with Crippen LogP contribution in [0.5, 0.6) is 0 Å². The molecule has 2 unspecified atom stereocenters. The maximum atomic E-state index is 12.8. The smallest absolute Gasteiger partial charge is 0.253 e. The fourth-order valence-electron chi connectivity index (χ4n) is 4.41. The van der Waals surface area contributed by atoms with Crippen molar-refractivity contribution >= 4 is 17.7 Å². The number of nitrogen functional groups attached to an aromatic ring is 1. The summed E-state index contributed by atoms with van der Waals surface area (Å²) in [7, 11) is 0. The number of benzene rings is 2. The van der Waals surface area contributed by atoms with Crippen molar-refractivity contribution in [2.45, 2.75) is 6.42 Å². The van der Waals surface area contributed by atoms with Crippen LogP contribution in [0.15, 0.2) is 60.7 Å². The summed E-state index contributed by atoms with van der Waals surface area (Å²) in [5.74, 6) is 1.28. The van der Waals surface area contributed by atoms with Gasteiger partial charge in [0.15, 0.2) is 0 Å². The summed E-state index contributed by atoms with van der Waals surface area (Å²) in [5, 5.41) is 0. The molecule has 4 rings (SSSR count). The van der Waals surface area contributed by atoms with E-state index in [0.717, 1.165) is 38.3 Å². The first kappa shape index (κ1) is 17.8. The number of carbonyl (C=O) groups excluding carboxylic acids is 1. The molecule has 2 aromatic rings. The average molecular weight is 361 g/mol. The molecule has 2 saturated heterocycles. The number of anilines is 1. The summed E-state index contributed by atoms with van der Waals surface area (Å²) < 4.78 is 0. The highest BCUT2D eigenvalue weighted by Crippen LogP contribution is 2.29. The van der Waals surface area contributed by atoms with Gasteiger partial charge >= 0.3 is 0 Å². The maximum absolute atomic E-state index is 12.8. The van der Waals surface area contributed by atoms with E-state index in [1.54, 1.807) is 12.1 Å². The largest absolute Gasteiger partial charge is 0.399 e. The van der Waals surface area contributed by atoms with Gasteiger partial charge in [0.2, 0.25) is 0 Å². The predicted octanol–water partition coefficient (Wildman–Crippen LogP) is 3.38. The zero-order valence-electron chi connectivity index (χ0n) is 15.6. The fourth-order valence-corrected chi connectivity index (χ4v) is 4.41. The van der Waals surface area contributed by atoms with Crippen molar-refractivity contribution in [2.24, 2.45) is 11.8 Å². The third kappa shape index (κ3) is 4.40. The van der Waals surface area contributed by atoms with E-state index >= 15 is 0 Å². The highest BCUT2D eigenvalue weighted by atomic mass is 16.2. The Morgan fingerprint density at radius 3 is 2.30 bits per heavy atom. The number of piperidine rings is 2. The van der Waals surface area contributed by atoms with E-state index in [2.05, 4.69) is 41.3 Å². The van der Waals surface area contributed by atoms with Crippen LogP contribution in [0, 0.1) is 11.8 Å². The van der Waals surface area contributed by atoms with Crippen molar-refractivity contribution in [3.63, 3.8) is 0 Å². The van der Waals surface area contributed by atoms with Gasteiger partial charge in [0, 0.05) is 44.0 Å².